The van der Waals surface area contributed by atoms with Crippen molar-refractivity contribution in [2.24, 2.45) is 0 Å². The molecule has 2 heterocycles. The summed E-state index contributed by atoms with van der Waals surface area (Å²) in [7, 11) is -2.38. The van der Waals surface area contributed by atoms with Crippen LogP contribution in [0.2, 0.25) is 5.02 Å². The highest BCUT2D eigenvalue weighted by atomic mass is 35.5. The minimum Gasteiger partial charge on any atom is -0.383 e. The van der Waals surface area contributed by atoms with Crippen LogP contribution in [0, 0.1) is 0 Å². The molecule has 2 aromatic rings. The Morgan fingerprint density at radius 1 is 1.19 bits per heavy atom. The molecule has 0 bridgehead atoms. The minimum atomic E-state index is -3.92. The highest BCUT2D eigenvalue weighted by molar-refractivity contribution is 7.89. The second kappa shape index (κ2) is 10.4. The van der Waals surface area contributed by atoms with Gasteiger partial charge in [0.15, 0.2) is 0 Å². The van der Waals surface area contributed by atoms with Gasteiger partial charge in [-0.25, -0.2) is 8.42 Å². The van der Waals surface area contributed by atoms with Crippen LogP contribution in [0.3, 0.4) is 0 Å². The number of sulfonamides is 1. The van der Waals surface area contributed by atoms with E-state index in [4.69, 9.17) is 16.3 Å². The van der Waals surface area contributed by atoms with Gasteiger partial charge in [-0.3, -0.25) is 9.48 Å². The topological polar surface area (TPSA) is 96.8 Å². The van der Waals surface area contributed by atoms with Crippen LogP contribution in [-0.2, 0) is 21.3 Å². The number of ether oxygens (including phenoxy) is 1. The zero-order chi connectivity index (χ0) is 22.4. The lowest BCUT2D eigenvalue weighted by Crippen LogP contribution is -2.49. The first-order chi connectivity index (χ1) is 14.9. The first kappa shape index (κ1) is 23.5. The molecule has 0 unspecified atom stereocenters. The molecule has 0 radical (unpaired) electrons. The maximum atomic E-state index is 13.4. The van der Waals surface area contributed by atoms with E-state index in [1.54, 1.807) is 0 Å². The molecule has 0 atom stereocenters. The number of hydrogen-bond acceptors (Lipinski definition) is 6. The summed E-state index contributed by atoms with van der Waals surface area (Å²) in [5, 5.41) is 7.39. The molecular weight excluding hydrogens is 442 g/mol. The maximum absolute atomic E-state index is 13.4. The molecule has 1 saturated heterocycles. The van der Waals surface area contributed by atoms with Crippen molar-refractivity contribution in [3.05, 3.63) is 41.0 Å². The predicted molar refractivity (Wildman–Crippen MR) is 119 cm³/mol. The summed E-state index contributed by atoms with van der Waals surface area (Å²) < 4.78 is 34.6. The number of aryl methyl sites for hydroxylation is 1. The third-order valence-corrected chi connectivity index (χ3v) is 7.12. The number of nitrogens with one attached hydrogen (secondary N) is 1. The van der Waals surface area contributed by atoms with E-state index in [-0.39, 0.29) is 17.1 Å². The third-order valence-electron chi connectivity index (χ3n) is 5.03. The zero-order valence-electron chi connectivity index (χ0n) is 17.8. The van der Waals surface area contributed by atoms with Crippen molar-refractivity contribution in [1.82, 2.24) is 19.4 Å². The van der Waals surface area contributed by atoms with Crippen LogP contribution in [-0.4, -0.2) is 74.9 Å². The van der Waals surface area contributed by atoms with E-state index in [2.05, 4.69) is 15.3 Å². The monoisotopic (exact) mass is 469 g/mol. The SMILES string of the molecule is CCCn1cc(C(=O)NCCOC)c(S(=O)(=O)N2CCN(c3ccc(Cl)cc3)CC2)n1. The van der Waals surface area contributed by atoms with Crippen molar-refractivity contribution < 1.29 is 17.9 Å². The van der Waals surface area contributed by atoms with Crippen molar-refractivity contribution in [2.75, 3.05) is 51.3 Å². The van der Waals surface area contributed by atoms with E-state index >= 15 is 0 Å². The van der Waals surface area contributed by atoms with Crippen LogP contribution in [0.4, 0.5) is 5.69 Å². The second-order valence-corrected chi connectivity index (χ2v) is 9.52. The van der Waals surface area contributed by atoms with Crippen molar-refractivity contribution in [3.63, 3.8) is 0 Å². The number of carbonyl (C=O) groups is 1. The maximum Gasteiger partial charge on any atom is 0.263 e. The number of halogens is 1. The number of carbonyl (C=O) groups excluding carboxylic acids is 1. The Balaban J connectivity index is 1.77. The summed E-state index contributed by atoms with van der Waals surface area (Å²) in [5.41, 5.74) is 1.05. The standard InChI is InChI=1S/C20H28ClN5O4S/c1-3-9-25-15-18(19(27)22-8-14-30-2)20(23-25)31(28,29)26-12-10-24(11-13-26)17-6-4-16(21)5-7-17/h4-7,15H,3,8-14H2,1-2H3,(H,22,27). The number of benzene rings is 1. The third kappa shape index (κ3) is 5.57. The largest absolute Gasteiger partial charge is 0.383 e. The average Bonchev–Trinajstić information content (AvgIpc) is 3.20. The molecule has 1 aliphatic heterocycles. The van der Waals surface area contributed by atoms with Gasteiger partial charge >= 0.3 is 0 Å². The van der Waals surface area contributed by atoms with Gasteiger partial charge in [0.1, 0.15) is 0 Å². The van der Waals surface area contributed by atoms with Crippen LogP contribution in [0.5, 0.6) is 0 Å². The van der Waals surface area contributed by atoms with Crippen LogP contribution < -0.4 is 10.2 Å². The van der Waals surface area contributed by atoms with E-state index in [0.717, 1.165) is 12.1 Å². The van der Waals surface area contributed by atoms with Crippen molar-refractivity contribution in [3.8, 4) is 0 Å². The van der Waals surface area contributed by atoms with E-state index < -0.39 is 15.9 Å². The average molecular weight is 470 g/mol. The van der Waals surface area contributed by atoms with Gasteiger partial charge in [-0.1, -0.05) is 18.5 Å². The van der Waals surface area contributed by atoms with Gasteiger partial charge in [-0.15, -0.1) is 0 Å². The molecule has 1 aliphatic rings. The van der Waals surface area contributed by atoms with Crippen LogP contribution in [0.1, 0.15) is 23.7 Å². The molecule has 1 fully saturated rings. The van der Waals surface area contributed by atoms with Gasteiger partial charge in [0.2, 0.25) is 5.03 Å². The van der Waals surface area contributed by atoms with Gasteiger partial charge in [-0.2, -0.15) is 9.40 Å². The van der Waals surface area contributed by atoms with Gasteiger partial charge in [0.05, 0.1) is 12.2 Å². The number of hydrogen-bond donors (Lipinski definition) is 1. The van der Waals surface area contributed by atoms with Crippen molar-refractivity contribution >= 4 is 33.2 Å². The fourth-order valence-electron chi connectivity index (χ4n) is 3.42. The molecule has 1 aromatic carbocycles. The minimum absolute atomic E-state index is 0.0599. The van der Waals surface area contributed by atoms with Crippen LogP contribution >= 0.6 is 11.6 Å². The number of rotatable bonds is 9. The highest BCUT2D eigenvalue weighted by Crippen LogP contribution is 2.24. The number of amides is 1. The van der Waals surface area contributed by atoms with E-state index in [9.17, 15) is 13.2 Å². The van der Waals surface area contributed by atoms with E-state index in [1.165, 1.54) is 22.3 Å². The van der Waals surface area contributed by atoms with Gasteiger partial charge in [-0.05, 0) is 30.7 Å². The molecule has 0 saturated carbocycles. The Labute approximate surface area is 188 Å². The Kier molecular flexibility index (Phi) is 7.93. The molecule has 3 rings (SSSR count). The summed E-state index contributed by atoms with van der Waals surface area (Å²) >= 11 is 5.95. The van der Waals surface area contributed by atoms with Crippen molar-refractivity contribution in [2.45, 2.75) is 24.9 Å². The van der Waals surface area contributed by atoms with Crippen LogP contribution in [0.25, 0.3) is 0 Å². The van der Waals surface area contributed by atoms with Gasteiger partial charge < -0.3 is 15.0 Å². The predicted octanol–water partition coefficient (Wildman–Crippen LogP) is 1.83. The number of piperazine rings is 1. The van der Waals surface area contributed by atoms with Gasteiger partial charge in [0.25, 0.3) is 15.9 Å². The molecule has 170 valence electrons. The lowest BCUT2D eigenvalue weighted by Gasteiger charge is -2.35. The van der Waals surface area contributed by atoms with Gasteiger partial charge in [0, 0.05) is 63.3 Å². The summed E-state index contributed by atoms with van der Waals surface area (Å²) in [6.07, 6.45) is 2.27. The lowest BCUT2D eigenvalue weighted by molar-refractivity contribution is 0.0933. The fourth-order valence-corrected chi connectivity index (χ4v) is 5.06. The molecular formula is C20H28ClN5O4S. The number of anilines is 1. The molecule has 11 heteroatoms. The first-order valence-corrected chi connectivity index (χ1v) is 12.0. The Hall–Kier alpha value is -2.14. The molecule has 0 aliphatic carbocycles. The fraction of sp³-hybridized carbons (Fsp3) is 0.500. The summed E-state index contributed by atoms with van der Waals surface area (Å²) in [6, 6.07) is 7.46. The van der Waals surface area contributed by atoms with E-state index in [1.807, 2.05) is 31.2 Å². The molecule has 0 spiro atoms. The highest BCUT2D eigenvalue weighted by Gasteiger charge is 2.34. The number of nitrogens with zero attached hydrogens (tertiary/aromatic N) is 4. The smallest absolute Gasteiger partial charge is 0.263 e. The first-order valence-electron chi connectivity index (χ1n) is 10.2. The summed E-state index contributed by atoms with van der Waals surface area (Å²) in [6.45, 7) is 4.78. The Morgan fingerprint density at radius 2 is 1.87 bits per heavy atom. The quantitative estimate of drug-likeness (QED) is 0.563. The Morgan fingerprint density at radius 3 is 2.48 bits per heavy atom. The molecule has 1 amide bonds. The lowest BCUT2D eigenvalue weighted by atomic mass is 10.2. The summed E-state index contributed by atoms with van der Waals surface area (Å²) in [5.74, 6) is -0.474. The number of aromatic nitrogens is 2. The van der Waals surface area contributed by atoms with E-state index in [0.29, 0.717) is 44.4 Å². The summed E-state index contributed by atoms with van der Waals surface area (Å²) in [4.78, 5) is 14.7. The molecule has 9 nitrogen and oxygen atoms in total. The molecule has 1 N–H and O–H groups in total. The second-order valence-electron chi connectivity index (χ2n) is 7.23. The molecule has 31 heavy (non-hydrogen) atoms. The normalized spacial score (nSPS) is 15.3. The zero-order valence-corrected chi connectivity index (χ0v) is 19.3. The number of methoxy groups -OCH3 is 1. The Bertz CT molecular complexity index is 985. The van der Waals surface area contributed by atoms with Crippen LogP contribution in [0.15, 0.2) is 35.5 Å². The van der Waals surface area contributed by atoms with Crippen molar-refractivity contribution in [1.29, 1.82) is 0 Å². The molecule has 1 aromatic heterocycles.